The van der Waals surface area contributed by atoms with E-state index in [1.807, 2.05) is 11.0 Å². The van der Waals surface area contributed by atoms with Crippen molar-refractivity contribution in [1.29, 1.82) is 0 Å². The molecule has 0 bridgehead atoms. The lowest BCUT2D eigenvalue weighted by Crippen LogP contribution is -2.42. The van der Waals surface area contributed by atoms with Crippen molar-refractivity contribution in [3.05, 3.63) is 63.6 Å². The van der Waals surface area contributed by atoms with E-state index in [1.165, 1.54) is 16.7 Å². The van der Waals surface area contributed by atoms with E-state index in [-0.39, 0.29) is 12.0 Å². The van der Waals surface area contributed by atoms with Crippen LogP contribution in [0.25, 0.3) is 0 Å². The highest BCUT2D eigenvalue weighted by Crippen LogP contribution is 2.48. The number of hydrogen-bond donors (Lipinski definition) is 0. The summed E-state index contributed by atoms with van der Waals surface area (Å²) in [5, 5.41) is 0. The van der Waals surface area contributed by atoms with Crippen molar-refractivity contribution in [1.82, 2.24) is 4.90 Å². The number of likely N-dealkylation sites (tertiary alicyclic amines) is 1. The van der Waals surface area contributed by atoms with Gasteiger partial charge in [-0.3, -0.25) is 4.79 Å². The van der Waals surface area contributed by atoms with Gasteiger partial charge < -0.3 is 9.64 Å². The van der Waals surface area contributed by atoms with Crippen molar-refractivity contribution in [3.8, 4) is 5.75 Å². The molecular formula is C23H26BrNO2. The molecule has 0 aromatic heterocycles. The van der Waals surface area contributed by atoms with Crippen molar-refractivity contribution >= 4 is 21.8 Å². The third kappa shape index (κ3) is 4.21. The minimum atomic E-state index is 0.170. The molecule has 27 heavy (non-hydrogen) atoms. The molecule has 4 rings (SSSR count). The molecule has 2 aliphatic rings. The first-order valence-corrected chi connectivity index (χ1v) is 10.6. The third-order valence-electron chi connectivity index (χ3n) is 5.94. The van der Waals surface area contributed by atoms with Gasteiger partial charge in [-0.1, -0.05) is 34.1 Å². The van der Waals surface area contributed by atoms with Gasteiger partial charge in [-0.15, -0.1) is 0 Å². The van der Waals surface area contributed by atoms with Gasteiger partial charge in [0.1, 0.15) is 11.9 Å². The number of aryl methyl sites for hydroxylation is 2. The zero-order valence-corrected chi connectivity index (χ0v) is 17.5. The fourth-order valence-electron chi connectivity index (χ4n) is 3.95. The lowest BCUT2D eigenvalue weighted by atomic mass is 10.1. The second-order valence-corrected chi connectivity index (χ2v) is 8.80. The molecule has 4 heteroatoms. The number of amides is 1. The average molecular weight is 428 g/mol. The lowest BCUT2D eigenvalue weighted by molar-refractivity contribution is -0.134. The van der Waals surface area contributed by atoms with Gasteiger partial charge in [0.05, 0.1) is 0 Å². The predicted molar refractivity (Wildman–Crippen MR) is 111 cm³/mol. The molecule has 2 aromatic rings. The van der Waals surface area contributed by atoms with E-state index in [0.717, 1.165) is 42.6 Å². The number of hydrogen-bond acceptors (Lipinski definition) is 2. The highest BCUT2D eigenvalue weighted by Gasteiger charge is 2.46. The Kier molecular flexibility index (Phi) is 5.27. The molecule has 1 amide bonds. The number of halogens is 1. The molecule has 2 unspecified atom stereocenters. The summed E-state index contributed by atoms with van der Waals surface area (Å²) >= 11 is 3.47. The van der Waals surface area contributed by atoms with E-state index >= 15 is 0 Å². The Hall–Kier alpha value is -1.81. The first-order valence-electron chi connectivity index (χ1n) is 9.79. The van der Waals surface area contributed by atoms with Crippen molar-refractivity contribution in [2.45, 2.75) is 45.1 Å². The van der Waals surface area contributed by atoms with E-state index < -0.39 is 0 Å². The normalized spacial score (nSPS) is 22.6. The first-order chi connectivity index (χ1) is 13.0. The Labute approximate surface area is 169 Å². The topological polar surface area (TPSA) is 29.5 Å². The Balaban J connectivity index is 1.28. The largest absolute Gasteiger partial charge is 0.490 e. The molecule has 0 spiro atoms. The second-order valence-electron chi connectivity index (χ2n) is 7.89. The van der Waals surface area contributed by atoms with Gasteiger partial charge in [-0.05, 0) is 67.1 Å². The Morgan fingerprint density at radius 1 is 1.04 bits per heavy atom. The molecule has 142 valence electrons. The second kappa shape index (κ2) is 7.67. The molecule has 1 aliphatic heterocycles. The predicted octanol–water partition coefficient (Wildman–Crippen LogP) is 5.24. The Bertz CT molecular complexity index is 825. The molecule has 2 aromatic carbocycles. The number of nitrogens with zero attached hydrogens (tertiary/aromatic N) is 1. The maximum absolute atomic E-state index is 12.8. The van der Waals surface area contributed by atoms with Crippen LogP contribution in [0.4, 0.5) is 0 Å². The number of carbonyl (C=O) groups is 1. The fourth-order valence-corrected chi connectivity index (χ4v) is 4.22. The summed E-state index contributed by atoms with van der Waals surface area (Å²) in [5.41, 5.74) is 3.82. The third-order valence-corrected chi connectivity index (χ3v) is 6.47. The number of rotatable bonds is 4. The van der Waals surface area contributed by atoms with Gasteiger partial charge in [-0.2, -0.15) is 0 Å². The highest BCUT2D eigenvalue weighted by atomic mass is 79.9. The van der Waals surface area contributed by atoms with Crippen LogP contribution in [0.5, 0.6) is 5.75 Å². The maximum Gasteiger partial charge on any atom is 0.226 e. The maximum atomic E-state index is 12.8. The molecule has 2 atom stereocenters. The van der Waals surface area contributed by atoms with Gasteiger partial charge in [0, 0.05) is 36.3 Å². The van der Waals surface area contributed by atoms with Gasteiger partial charge >= 0.3 is 0 Å². The van der Waals surface area contributed by atoms with Crippen LogP contribution in [0.2, 0.25) is 0 Å². The molecule has 1 aliphatic carbocycles. The van der Waals surface area contributed by atoms with Crippen LogP contribution in [0.15, 0.2) is 46.9 Å². The standard InChI is InChI=1S/C23H26BrNO2/c1-15-3-8-20(13-16(15)2)27-19-9-11-25(12-10-19)23(26)22-14-21(22)17-4-6-18(24)7-5-17/h3-8,13,19,21-22H,9-12,14H2,1-2H3. The minimum Gasteiger partial charge on any atom is -0.490 e. The summed E-state index contributed by atoms with van der Waals surface area (Å²) in [5.74, 6) is 1.84. The molecule has 1 saturated carbocycles. The molecular weight excluding hydrogens is 402 g/mol. The number of carbonyl (C=O) groups excluding carboxylic acids is 1. The van der Waals surface area contributed by atoms with Gasteiger partial charge in [-0.25, -0.2) is 0 Å². The average Bonchev–Trinajstić information content (AvgIpc) is 3.46. The monoisotopic (exact) mass is 427 g/mol. The lowest BCUT2D eigenvalue weighted by Gasteiger charge is -2.32. The number of piperidine rings is 1. The van der Waals surface area contributed by atoms with E-state index in [1.54, 1.807) is 0 Å². The summed E-state index contributed by atoms with van der Waals surface area (Å²) < 4.78 is 7.24. The van der Waals surface area contributed by atoms with Crippen LogP contribution in [-0.2, 0) is 4.79 Å². The smallest absolute Gasteiger partial charge is 0.226 e. The van der Waals surface area contributed by atoms with E-state index in [2.05, 4.69) is 66.2 Å². The molecule has 0 N–H and O–H groups in total. The van der Waals surface area contributed by atoms with E-state index in [0.29, 0.717) is 11.8 Å². The van der Waals surface area contributed by atoms with Crippen LogP contribution in [0.3, 0.4) is 0 Å². The van der Waals surface area contributed by atoms with E-state index in [9.17, 15) is 4.79 Å². The molecule has 1 heterocycles. The van der Waals surface area contributed by atoms with Crippen molar-refractivity contribution in [2.24, 2.45) is 5.92 Å². The summed E-state index contributed by atoms with van der Waals surface area (Å²) in [7, 11) is 0. The Morgan fingerprint density at radius 2 is 1.74 bits per heavy atom. The first kappa shape index (κ1) is 18.5. The van der Waals surface area contributed by atoms with E-state index in [4.69, 9.17) is 4.74 Å². The van der Waals surface area contributed by atoms with Crippen molar-refractivity contribution in [2.75, 3.05) is 13.1 Å². The Morgan fingerprint density at radius 3 is 2.41 bits per heavy atom. The van der Waals surface area contributed by atoms with Crippen LogP contribution in [0.1, 0.15) is 41.9 Å². The summed E-state index contributed by atoms with van der Waals surface area (Å²) in [6.45, 7) is 5.83. The van der Waals surface area contributed by atoms with Crippen molar-refractivity contribution < 1.29 is 9.53 Å². The minimum absolute atomic E-state index is 0.170. The number of benzene rings is 2. The molecule has 0 radical (unpaired) electrons. The molecule has 1 saturated heterocycles. The van der Waals surface area contributed by atoms with Crippen molar-refractivity contribution in [3.63, 3.8) is 0 Å². The highest BCUT2D eigenvalue weighted by molar-refractivity contribution is 9.10. The van der Waals surface area contributed by atoms with Gasteiger partial charge in [0.15, 0.2) is 0 Å². The zero-order chi connectivity index (χ0) is 19.0. The van der Waals surface area contributed by atoms with Gasteiger partial charge in [0.25, 0.3) is 0 Å². The number of ether oxygens (including phenoxy) is 1. The summed E-state index contributed by atoms with van der Waals surface area (Å²) in [6, 6.07) is 14.7. The summed E-state index contributed by atoms with van der Waals surface area (Å²) in [6.07, 6.45) is 3.01. The summed E-state index contributed by atoms with van der Waals surface area (Å²) in [4.78, 5) is 14.9. The zero-order valence-electron chi connectivity index (χ0n) is 16.0. The van der Waals surface area contributed by atoms with Crippen LogP contribution in [0, 0.1) is 19.8 Å². The fraction of sp³-hybridized carbons (Fsp3) is 0.435. The van der Waals surface area contributed by atoms with Crippen LogP contribution >= 0.6 is 15.9 Å². The van der Waals surface area contributed by atoms with Crippen LogP contribution < -0.4 is 4.74 Å². The molecule has 2 fully saturated rings. The SMILES string of the molecule is Cc1ccc(OC2CCN(C(=O)C3CC3c3ccc(Br)cc3)CC2)cc1C. The van der Waals surface area contributed by atoms with Gasteiger partial charge in [0.2, 0.25) is 5.91 Å². The molecule has 3 nitrogen and oxygen atoms in total. The quantitative estimate of drug-likeness (QED) is 0.667. The van der Waals surface area contributed by atoms with Crippen LogP contribution in [-0.4, -0.2) is 30.0 Å².